The first-order valence-electron chi connectivity index (χ1n) is 4.73. The average Bonchev–Trinajstić information content (AvgIpc) is 2.74. The van der Waals surface area contributed by atoms with Crippen LogP contribution >= 0.6 is 0 Å². The molecule has 15 heavy (non-hydrogen) atoms. The quantitative estimate of drug-likeness (QED) is 0.795. The monoisotopic (exact) mass is 204 g/mol. The fourth-order valence-electron chi connectivity index (χ4n) is 1.31. The molecule has 2 N–H and O–H groups in total. The molecule has 2 aromatic rings. The molecule has 4 nitrogen and oxygen atoms in total. The van der Waals surface area contributed by atoms with Gasteiger partial charge in [0, 0.05) is 24.7 Å². The van der Waals surface area contributed by atoms with Crippen LogP contribution in [0.3, 0.4) is 0 Å². The molecule has 0 atom stereocenters. The van der Waals surface area contributed by atoms with E-state index < -0.39 is 0 Å². The summed E-state index contributed by atoms with van der Waals surface area (Å²) in [6.45, 7) is 1.24. The lowest BCUT2D eigenvalue weighted by Crippen LogP contribution is -2.12. The number of hydrogen-bond acceptors (Lipinski definition) is 4. The minimum atomic E-state index is 0.310. The number of para-hydroxylation sites is 1. The van der Waals surface area contributed by atoms with Gasteiger partial charge < -0.3 is 14.9 Å². The van der Waals surface area contributed by atoms with Crippen LogP contribution in [-0.2, 0) is 13.1 Å². The lowest BCUT2D eigenvalue weighted by atomic mass is 10.2. The predicted octanol–water partition coefficient (Wildman–Crippen LogP) is 1.67. The summed E-state index contributed by atoms with van der Waals surface area (Å²) in [5.41, 5.74) is 1.73. The SMILES string of the molecule is Oc1ccccc1CNCc1ccon1. The Balaban J connectivity index is 1.86. The van der Waals surface area contributed by atoms with Gasteiger partial charge in [0.05, 0.1) is 5.69 Å². The zero-order valence-corrected chi connectivity index (χ0v) is 8.18. The normalized spacial score (nSPS) is 10.4. The van der Waals surface area contributed by atoms with E-state index in [2.05, 4.69) is 10.5 Å². The first-order valence-corrected chi connectivity index (χ1v) is 4.73. The van der Waals surface area contributed by atoms with Gasteiger partial charge in [0.2, 0.25) is 0 Å². The Hall–Kier alpha value is -1.81. The summed E-state index contributed by atoms with van der Waals surface area (Å²) in [4.78, 5) is 0. The Morgan fingerprint density at radius 3 is 2.80 bits per heavy atom. The molecule has 0 unspecified atom stereocenters. The summed E-state index contributed by atoms with van der Waals surface area (Å²) < 4.78 is 4.70. The van der Waals surface area contributed by atoms with E-state index in [9.17, 15) is 5.11 Å². The summed E-state index contributed by atoms with van der Waals surface area (Å²) in [5.74, 6) is 0.310. The number of rotatable bonds is 4. The molecule has 1 heterocycles. The van der Waals surface area contributed by atoms with Gasteiger partial charge in [0.25, 0.3) is 0 Å². The third-order valence-corrected chi connectivity index (χ3v) is 2.10. The summed E-state index contributed by atoms with van der Waals surface area (Å²) in [6.07, 6.45) is 1.54. The van der Waals surface area contributed by atoms with Crippen molar-refractivity contribution in [3.05, 3.63) is 47.9 Å². The molecule has 0 aliphatic rings. The van der Waals surface area contributed by atoms with Crippen LogP contribution in [0, 0.1) is 0 Å². The number of aromatic hydroxyl groups is 1. The van der Waals surface area contributed by atoms with Crippen LogP contribution in [0.25, 0.3) is 0 Å². The number of aromatic nitrogens is 1. The van der Waals surface area contributed by atoms with Crippen LogP contribution in [0.1, 0.15) is 11.3 Å². The van der Waals surface area contributed by atoms with Crippen LogP contribution in [0.4, 0.5) is 0 Å². The van der Waals surface area contributed by atoms with Crippen LogP contribution in [0.5, 0.6) is 5.75 Å². The van der Waals surface area contributed by atoms with Gasteiger partial charge in [-0.1, -0.05) is 23.4 Å². The molecule has 2 rings (SSSR count). The molecular weight excluding hydrogens is 192 g/mol. The number of phenolic OH excluding ortho intramolecular Hbond substituents is 1. The maximum atomic E-state index is 9.49. The van der Waals surface area contributed by atoms with Crippen LogP contribution < -0.4 is 5.32 Å². The molecule has 0 saturated carbocycles. The van der Waals surface area contributed by atoms with E-state index in [0.717, 1.165) is 11.3 Å². The highest BCUT2D eigenvalue weighted by Gasteiger charge is 1.99. The standard InChI is InChI=1S/C11H12N2O2/c14-11-4-2-1-3-9(11)7-12-8-10-5-6-15-13-10/h1-6,12,14H,7-8H2. The van der Waals surface area contributed by atoms with E-state index >= 15 is 0 Å². The van der Waals surface area contributed by atoms with Crippen molar-refractivity contribution in [1.82, 2.24) is 10.5 Å². The smallest absolute Gasteiger partial charge is 0.124 e. The Kier molecular flexibility index (Phi) is 2.99. The molecule has 78 valence electrons. The Bertz CT molecular complexity index is 412. The maximum Gasteiger partial charge on any atom is 0.124 e. The Labute approximate surface area is 87.5 Å². The van der Waals surface area contributed by atoms with Gasteiger partial charge in [0.1, 0.15) is 12.0 Å². The number of benzene rings is 1. The zero-order chi connectivity index (χ0) is 10.5. The van der Waals surface area contributed by atoms with Gasteiger partial charge in [-0.15, -0.1) is 0 Å². The lowest BCUT2D eigenvalue weighted by molar-refractivity contribution is 0.408. The molecule has 0 bridgehead atoms. The second kappa shape index (κ2) is 4.61. The summed E-state index contributed by atoms with van der Waals surface area (Å²) in [5, 5.41) is 16.4. The third kappa shape index (κ3) is 2.57. The van der Waals surface area contributed by atoms with Gasteiger partial charge in [-0.3, -0.25) is 0 Å². The topological polar surface area (TPSA) is 58.3 Å². The molecule has 0 fully saturated rings. The molecule has 0 radical (unpaired) electrons. The highest BCUT2D eigenvalue weighted by atomic mass is 16.5. The van der Waals surface area contributed by atoms with Gasteiger partial charge >= 0.3 is 0 Å². The van der Waals surface area contributed by atoms with Crippen molar-refractivity contribution >= 4 is 0 Å². The predicted molar refractivity (Wildman–Crippen MR) is 55.2 cm³/mol. The highest BCUT2D eigenvalue weighted by Crippen LogP contribution is 2.14. The second-order valence-corrected chi connectivity index (χ2v) is 3.22. The first-order chi connectivity index (χ1) is 7.36. The molecule has 0 saturated heterocycles. The van der Waals surface area contributed by atoms with Crippen molar-refractivity contribution < 1.29 is 9.63 Å². The maximum absolute atomic E-state index is 9.49. The van der Waals surface area contributed by atoms with E-state index in [0.29, 0.717) is 18.8 Å². The molecule has 1 aromatic carbocycles. The van der Waals surface area contributed by atoms with Gasteiger partial charge in [-0.25, -0.2) is 0 Å². The van der Waals surface area contributed by atoms with Crippen molar-refractivity contribution in [3.8, 4) is 5.75 Å². The third-order valence-electron chi connectivity index (χ3n) is 2.10. The molecule has 0 amide bonds. The highest BCUT2D eigenvalue weighted by molar-refractivity contribution is 5.31. The second-order valence-electron chi connectivity index (χ2n) is 3.22. The number of nitrogens with zero attached hydrogens (tertiary/aromatic N) is 1. The Morgan fingerprint density at radius 1 is 1.20 bits per heavy atom. The van der Waals surface area contributed by atoms with Gasteiger partial charge in [-0.2, -0.15) is 0 Å². The van der Waals surface area contributed by atoms with Crippen molar-refractivity contribution in [2.45, 2.75) is 13.1 Å². The van der Waals surface area contributed by atoms with Crippen LogP contribution in [0.15, 0.2) is 41.1 Å². The van der Waals surface area contributed by atoms with Gasteiger partial charge in [0.15, 0.2) is 0 Å². The minimum Gasteiger partial charge on any atom is -0.508 e. The minimum absolute atomic E-state index is 0.310. The number of hydrogen-bond donors (Lipinski definition) is 2. The summed E-state index contributed by atoms with van der Waals surface area (Å²) in [7, 11) is 0. The molecule has 0 aliphatic heterocycles. The fourth-order valence-corrected chi connectivity index (χ4v) is 1.31. The number of nitrogens with one attached hydrogen (secondary N) is 1. The van der Waals surface area contributed by atoms with Crippen LogP contribution in [0.2, 0.25) is 0 Å². The van der Waals surface area contributed by atoms with Crippen molar-refractivity contribution in [1.29, 1.82) is 0 Å². The first kappa shape index (κ1) is 9.73. The van der Waals surface area contributed by atoms with E-state index in [1.165, 1.54) is 6.26 Å². The van der Waals surface area contributed by atoms with Crippen molar-refractivity contribution in [2.75, 3.05) is 0 Å². The van der Waals surface area contributed by atoms with Crippen LogP contribution in [-0.4, -0.2) is 10.3 Å². The molecule has 0 spiro atoms. The summed E-state index contributed by atoms with van der Waals surface area (Å²) >= 11 is 0. The number of phenols is 1. The Morgan fingerprint density at radius 2 is 2.07 bits per heavy atom. The van der Waals surface area contributed by atoms with E-state index in [1.807, 2.05) is 12.1 Å². The summed E-state index contributed by atoms with van der Waals surface area (Å²) in [6, 6.07) is 9.05. The molecular formula is C11H12N2O2. The fraction of sp³-hybridized carbons (Fsp3) is 0.182. The van der Waals surface area contributed by atoms with E-state index in [1.54, 1.807) is 18.2 Å². The average molecular weight is 204 g/mol. The van der Waals surface area contributed by atoms with Crippen molar-refractivity contribution in [3.63, 3.8) is 0 Å². The molecule has 0 aliphatic carbocycles. The molecule has 4 heteroatoms. The van der Waals surface area contributed by atoms with Gasteiger partial charge in [-0.05, 0) is 6.07 Å². The largest absolute Gasteiger partial charge is 0.508 e. The lowest BCUT2D eigenvalue weighted by Gasteiger charge is -2.04. The van der Waals surface area contributed by atoms with E-state index in [-0.39, 0.29) is 0 Å². The van der Waals surface area contributed by atoms with E-state index in [4.69, 9.17) is 4.52 Å². The molecule has 1 aromatic heterocycles. The zero-order valence-electron chi connectivity index (χ0n) is 8.18. The van der Waals surface area contributed by atoms with Crippen molar-refractivity contribution in [2.24, 2.45) is 0 Å².